The number of hydrogen-bond acceptors (Lipinski definition) is 11. The summed E-state index contributed by atoms with van der Waals surface area (Å²) in [6, 6.07) is 15.5. The summed E-state index contributed by atoms with van der Waals surface area (Å²) in [5.74, 6) is 4.86. The van der Waals surface area contributed by atoms with Crippen molar-refractivity contribution in [1.29, 1.82) is 0 Å². The average Bonchev–Trinajstić information content (AvgIpc) is 1.49. The van der Waals surface area contributed by atoms with Gasteiger partial charge in [0.1, 0.15) is 0 Å². The van der Waals surface area contributed by atoms with E-state index in [0.29, 0.717) is 94.9 Å². The second-order valence-electron chi connectivity index (χ2n) is 39.8. The molecule has 0 spiro atoms. The Morgan fingerprint density at radius 2 is 0.971 bits per heavy atom. The van der Waals surface area contributed by atoms with E-state index < -0.39 is 31.6 Å². The van der Waals surface area contributed by atoms with Gasteiger partial charge in [-0.2, -0.15) is 0 Å². The maximum absolute atomic E-state index is 12.5. The number of carboxylic acid groups (broad SMARTS) is 2. The zero-order chi connectivity index (χ0) is 73.6. The van der Waals surface area contributed by atoms with Gasteiger partial charge in [0.25, 0.3) is 0 Å². The van der Waals surface area contributed by atoms with Crippen molar-refractivity contribution in [3.05, 3.63) is 107 Å². The quantitative estimate of drug-likeness (QED) is 0.117. The number of likely N-dealkylation sites (tertiary alicyclic amines) is 2. The van der Waals surface area contributed by atoms with Crippen molar-refractivity contribution in [3.63, 3.8) is 0 Å². The molecular weight excluding hydrogens is 1320 g/mol. The van der Waals surface area contributed by atoms with E-state index in [1.54, 1.807) is 24.3 Å². The van der Waals surface area contributed by atoms with Gasteiger partial charge in [0.2, 0.25) is 0 Å². The fourth-order valence-electron chi connectivity index (χ4n) is 30.4. The molecule has 0 amide bonds. The van der Waals surface area contributed by atoms with Gasteiger partial charge >= 0.3 is 11.9 Å². The lowest BCUT2D eigenvalue weighted by atomic mass is 9.33. The highest BCUT2D eigenvalue weighted by molar-refractivity contribution is 7.92. The number of hydrogen-bond donors (Lipinski definition) is 4. The van der Waals surface area contributed by atoms with Crippen LogP contribution in [-0.4, -0.2) is 156 Å². The summed E-state index contributed by atoms with van der Waals surface area (Å²) >= 11 is 0. The number of aliphatic hydroxyl groups excluding tert-OH is 1. The van der Waals surface area contributed by atoms with E-state index in [1.807, 2.05) is 24.3 Å². The topological polar surface area (TPSA) is 185 Å². The van der Waals surface area contributed by atoms with Crippen LogP contribution in [0.15, 0.2) is 85.0 Å². The van der Waals surface area contributed by atoms with E-state index in [4.69, 9.17) is 0 Å². The van der Waals surface area contributed by atoms with Gasteiger partial charge in [-0.25, -0.2) is 26.4 Å². The number of carbonyl (C=O) groups is 2. The number of allylic oxidation sites excluding steroid dienone is 6. The maximum Gasteiger partial charge on any atom is 0.335 e. The van der Waals surface area contributed by atoms with Gasteiger partial charge in [-0.1, -0.05) is 130 Å². The van der Waals surface area contributed by atoms with E-state index in [1.165, 1.54) is 124 Å². The van der Waals surface area contributed by atoms with Crippen LogP contribution in [0, 0.1) is 102 Å². The van der Waals surface area contributed by atoms with Crippen LogP contribution in [0.1, 0.15) is 243 Å². The molecule has 16 rings (SSSR count). The van der Waals surface area contributed by atoms with E-state index in [-0.39, 0.29) is 83.6 Å². The Labute approximate surface area is 619 Å². The second-order valence-corrected chi connectivity index (χ2v) is 44.4. The number of fused-ring (bicyclic) bond motifs is 18. The number of sulfone groups is 2. The fraction of sp³-hybridized carbons (Fsp3) is 0.750. The van der Waals surface area contributed by atoms with E-state index >= 15 is 0 Å². The van der Waals surface area contributed by atoms with Crippen molar-refractivity contribution < 1.29 is 41.7 Å². The van der Waals surface area contributed by atoms with Crippen molar-refractivity contribution in [3.8, 4) is 0 Å². The van der Waals surface area contributed by atoms with Crippen LogP contribution in [0.5, 0.6) is 0 Å². The molecule has 15 heteroatoms. The van der Waals surface area contributed by atoms with Gasteiger partial charge < -0.3 is 20.6 Å². The van der Waals surface area contributed by atoms with E-state index in [2.05, 4.69) is 128 Å². The summed E-state index contributed by atoms with van der Waals surface area (Å²) < 4.78 is 49.8. The van der Waals surface area contributed by atoms with E-state index in [0.717, 1.165) is 70.4 Å². The Kier molecular flexibility index (Phi) is 18.5. The van der Waals surface area contributed by atoms with Gasteiger partial charge in [0, 0.05) is 69.0 Å². The molecule has 22 atom stereocenters. The molecule has 13 nitrogen and oxygen atoms in total. The summed E-state index contributed by atoms with van der Waals surface area (Å²) in [6.07, 6.45) is 28.7. The third kappa shape index (κ3) is 11.1. The monoisotopic (exact) mass is 1450 g/mol. The summed E-state index contributed by atoms with van der Waals surface area (Å²) in [7, 11) is -5.79. The Bertz CT molecular complexity index is 4010. The molecule has 0 unspecified atom stereocenters. The summed E-state index contributed by atoms with van der Waals surface area (Å²) in [5.41, 5.74) is 10.1. The number of aromatic carboxylic acids is 2. The summed E-state index contributed by atoms with van der Waals surface area (Å²) in [5, 5.41) is 33.5. The molecule has 0 aromatic heterocycles. The van der Waals surface area contributed by atoms with Gasteiger partial charge in [-0.3, -0.25) is 14.7 Å². The minimum absolute atomic E-state index is 0.0119. The second kappa shape index (κ2) is 25.6. The van der Waals surface area contributed by atoms with Crippen molar-refractivity contribution in [1.82, 2.24) is 20.0 Å². The van der Waals surface area contributed by atoms with Crippen molar-refractivity contribution >= 4 is 42.8 Å². The van der Waals surface area contributed by atoms with Crippen LogP contribution in [0.25, 0.3) is 11.1 Å². The SMILES string of the molecule is C=C(C)[C@@H]1CC[C@]2(N(CCO)CCN3C[C@@H]4C[C@H]3CS4(=O)=O)CC[C@]3(C)[C@H](CC[C@@H]4[C@@]5(C)CC=C(c6ccc(C(=O)O)cc6)C(C)(C)[C@@H]5CC[C@]43C)[C@@H]12.C=C(C)[C@@H]1CC[C@]2(NCCN3C[C@@H]4C[C@H]3CS4(=O)=O)CC[C@]3(C)[C@H](CC[C@@H]4[C@@]5(C)CC=C(c6ccc(C(=O)O)cc6)C(C)(C)[C@@H]5CC[C@]43C)[C@@H]12. The van der Waals surface area contributed by atoms with Gasteiger partial charge in [-0.05, 0) is 291 Å². The van der Waals surface area contributed by atoms with Crippen molar-refractivity contribution in [2.45, 2.75) is 245 Å². The van der Waals surface area contributed by atoms with Gasteiger partial charge in [-0.15, -0.1) is 0 Å². The van der Waals surface area contributed by atoms with Crippen LogP contribution in [-0.2, 0) is 19.7 Å². The number of benzene rings is 2. The van der Waals surface area contributed by atoms with Crippen LogP contribution in [0.2, 0.25) is 0 Å². The third-order valence-electron chi connectivity index (χ3n) is 35.5. The Morgan fingerprint density at radius 3 is 1.41 bits per heavy atom. The first-order valence-corrected chi connectivity index (χ1v) is 44.2. The highest BCUT2D eigenvalue weighted by Gasteiger charge is 2.73. The molecule has 0 radical (unpaired) electrons. The van der Waals surface area contributed by atoms with Crippen LogP contribution < -0.4 is 5.32 Å². The molecule has 12 fully saturated rings. The number of carboxylic acids is 2. The zero-order valence-electron chi connectivity index (χ0n) is 64.9. The largest absolute Gasteiger partial charge is 0.478 e. The molecule has 4 aliphatic heterocycles. The molecule has 14 aliphatic rings. The highest BCUT2D eigenvalue weighted by atomic mass is 32.2. The lowest BCUT2D eigenvalue weighted by Crippen LogP contribution is -2.68. The zero-order valence-corrected chi connectivity index (χ0v) is 66.6. The normalized spacial score (nSPS) is 44.6. The molecule has 2 aromatic carbocycles. The minimum atomic E-state index is -2.92. The van der Waals surface area contributed by atoms with Gasteiger partial charge in [0.05, 0.1) is 39.7 Å². The maximum atomic E-state index is 12.5. The Morgan fingerprint density at radius 1 is 0.524 bits per heavy atom. The predicted molar refractivity (Wildman–Crippen MR) is 414 cm³/mol. The first kappa shape index (κ1) is 74.5. The standard InChI is InChI=1S/C45H66N2O5S.C43H62N2O4S/c1-29(2)34-14-19-45(47(24-25-48)23-22-46-27-33-26-32(46)28-53(33,51)52)21-20-43(6)36(39(34)45)12-13-38-42(5)17-15-35(30-8-10-31(11-9-30)40(49)50)41(3,4)37(42)16-18-44(38,43)7;1-27(2)32-14-19-43(44-22-23-45-25-31-24-30(45)26-50(31,48)49)21-20-41(6)34(37(32)43)12-13-36-40(5)17-15-33(28-8-10-29(11-9-28)38(46)47)39(3,4)35(40)16-18-42(36,41)7/h8-11,15,32-34,36-39,48H,1,12-14,16-28H2,2-7H3,(H,49,50);8-11,15,30-32,34-37,44H,1,12-14,16-26H2,2-7H3,(H,46,47)/t32-,33-,34-,36+,37-,38+,39+,42-,43+,44+,45-;30-,31-,32-,34+,35-,36+,37+,40-,41+,42+,43-/m00/s1. The molecule has 4 heterocycles. The number of aliphatic hydroxyl groups is 1. The highest BCUT2D eigenvalue weighted by Crippen LogP contribution is 2.79. The molecule has 8 saturated carbocycles. The number of nitrogens with zero attached hydrogens (tertiary/aromatic N) is 3. The van der Waals surface area contributed by atoms with E-state index in [9.17, 15) is 41.7 Å². The first-order chi connectivity index (χ1) is 48.4. The Hall–Kier alpha value is -3.96. The van der Waals surface area contributed by atoms with Crippen LogP contribution >= 0.6 is 0 Å². The van der Waals surface area contributed by atoms with Crippen molar-refractivity contribution in [2.24, 2.45) is 102 Å². The van der Waals surface area contributed by atoms with Gasteiger partial charge in [0.15, 0.2) is 19.7 Å². The molecule has 103 heavy (non-hydrogen) atoms. The molecule has 10 aliphatic carbocycles. The lowest BCUT2D eigenvalue weighted by molar-refractivity contribution is -0.228. The number of rotatable bonds is 16. The Balaban J connectivity index is 0.000000166. The van der Waals surface area contributed by atoms with Crippen LogP contribution in [0.4, 0.5) is 0 Å². The average molecular weight is 1450 g/mol. The molecular formula is C88H128N4O9S2. The summed E-state index contributed by atoms with van der Waals surface area (Å²) in [4.78, 5) is 30.8. The van der Waals surface area contributed by atoms with Crippen molar-refractivity contribution in [2.75, 3.05) is 63.9 Å². The number of nitrogens with one attached hydrogen (secondary N) is 1. The van der Waals surface area contributed by atoms with Crippen LogP contribution in [0.3, 0.4) is 0 Å². The molecule has 4 bridgehead atoms. The lowest BCUT2D eigenvalue weighted by Gasteiger charge is -2.73. The predicted octanol–water partition coefficient (Wildman–Crippen LogP) is 16.2. The minimum Gasteiger partial charge on any atom is -0.478 e. The molecule has 2 aromatic rings. The molecule has 4 N–H and O–H groups in total. The molecule has 566 valence electrons. The summed E-state index contributed by atoms with van der Waals surface area (Å²) in [6.45, 7) is 45.7. The molecule has 4 saturated heterocycles. The third-order valence-corrected chi connectivity index (χ3v) is 39.9. The first-order valence-electron chi connectivity index (χ1n) is 40.8. The smallest absolute Gasteiger partial charge is 0.335 e. The number of β-amino-alcohol motifs (C(OH)–C–C–N with tert-alkyl or cyclic N) is 1. The fourth-order valence-corrected chi connectivity index (χ4v) is 34.5.